The van der Waals surface area contributed by atoms with Crippen molar-refractivity contribution < 1.29 is 4.74 Å². The predicted molar refractivity (Wildman–Crippen MR) is 77.0 cm³/mol. The van der Waals surface area contributed by atoms with Crippen LogP contribution in [0.3, 0.4) is 0 Å². The lowest BCUT2D eigenvalue weighted by atomic mass is 10.1. The molecule has 0 aromatic carbocycles. The Bertz CT molecular complexity index is 329. The van der Waals surface area contributed by atoms with Gasteiger partial charge < -0.3 is 10.5 Å². The Kier molecular flexibility index (Phi) is 5.63. The Morgan fingerprint density at radius 3 is 3.22 bits per heavy atom. The molecule has 1 aromatic heterocycles. The van der Waals surface area contributed by atoms with Crippen molar-refractivity contribution in [2.24, 2.45) is 5.73 Å². The van der Waals surface area contributed by atoms with E-state index in [9.17, 15) is 0 Å². The molecule has 0 saturated carbocycles. The van der Waals surface area contributed by atoms with Crippen LogP contribution >= 0.6 is 11.3 Å². The van der Waals surface area contributed by atoms with E-state index in [0.29, 0.717) is 6.10 Å². The lowest BCUT2D eigenvalue weighted by molar-refractivity contribution is -0.00131. The summed E-state index contributed by atoms with van der Waals surface area (Å²) in [6.07, 6.45) is 3.94. The van der Waals surface area contributed by atoms with E-state index in [4.69, 9.17) is 10.5 Å². The molecule has 4 heteroatoms. The first kappa shape index (κ1) is 14.0. The molecule has 0 radical (unpaired) electrons. The number of ether oxygens (including phenoxy) is 1. The number of hydrogen-bond acceptors (Lipinski definition) is 4. The molecule has 3 nitrogen and oxygen atoms in total. The van der Waals surface area contributed by atoms with Crippen LogP contribution in [0.15, 0.2) is 17.5 Å². The molecule has 1 aliphatic rings. The van der Waals surface area contributed by atoms with Crippen molar-refractivity contribution in [1.29, 1.82) is 0 Å². The van der Waals surface area contributed by atoms with Crippen molar-refractivity contribution in [3.63, 3.8) is 0 Å². The van der Waals surface area contributed by atoms with Gasteiger partial charge in [-0.2, -0.15) is 0 Å². The Morgan fingerprint density at radius 2 is 2.50 bits per heavy atom. The van der Waals surface area contributed by atoms with Crippen LogP contribution in [-0.4, -0.2) is 37.2 Å². The fraction of sp³-hybridized carbons (Fsp3) is 0.714. The molecule has 2 unspecified atom stereocenters. The lowest BCUT2D eigenvalue weighted by Gasteiger charge is -2.33. The monoisotopic (exact) mass is 268 g/mol. The average Bonchev–Trinajstić information content (AvgIpc) is 2.91. The van der Waals surface area contributed by atoms with Gasteiger partial charge in [0.15, 0.2) is 0 Å². The zero-order valence-electron chi connectivity index (χ0n) is 11.2. The van der Waals surface area contributed by atoms with Crippen molar-refractivity contribution in [2.75, 3.05) is 26.2 Å². The molecule has 2 atom stereocenters. The third-order valence-electron chi connectivity index (χ3n) is 3.38. The number of nitrogens with two attached hydrogens (primary N) is 1. The van der Waals surface area contributed by atoms with Crippen LogP contribution < -0.4 is 5.73 Å². The highest BCUT2D eigenvalue weighted by atomic mass is 32.1. The summed E-state index contributed by atoms with van der Waals surface area (Å²) in [7, 11) is 0. The third-order valence-corrected chi connectivity index (χ3v) is 4.39. The van der Waals surface area contributed by atoms with Crippen molar-refractivity contribution in [1.82, 2.24) is 4.90 Å². The van der Waals surface area contributed by atoms with Crippen LogP contribution in [0, 0.1) is 0 Å². The molecule has 2 heterocycles. The summed E-state index contributed by atoms with van der Waals surface area (Å²) < 4.78 is 5.85. The summed E-state index contributed by atoms with van der Waals surface area (Å²) >= 11 is 1.75. The maximum atomic E-state index is 6.24. The molecule has 1 aromatic rings. The number of piperidine rings is 1. The summed E-state index contributed by atoms with van der Waals surface area (Å²) in [6.45, 7) is 6.19. The Balaban J connectivity index is 1.78. The minimum absolute atomic E-state index is 0.148. The number of rotatable bonds is 6. The van der Waals surface area contributed by atoms with Gasteiger partial charge in [0.25, 0.3) is 0 Å². The SMILES string of the molecule is CCCOC1CCCN(CC(N)c2cccs2)C1. The van der Waals surface area contributed by atoms with Gasteiger partial charge in [-0.25, -0.2) is 0 Å². The van der Waals surface area contributed by atoms with Gasteiger partial charge in [0.05, 0.1) is 12.1 Å². The van der Waals surface area contributed by atoms with E-state index in [1.807, 2.05) is 0 Å². The number of thiophene rings is 1. The van der Waals surface area contributed by atoms with Gasteiger partial charge in [0.2, 0.25) is 0 Å². The number of likely N-dealkylation sites (tertiary alicyclic amines) is 1. The van der Waals surface area contributed by atoms with Crippen LogP contribution in [0.1, 0.15) is 37.1 Å². The molecule has 0 aliphatic carbocycles. The van der Waals surface area contributed by atoms with E-state index in [1.165, 1.54) is 17.7 Å². The minimum atomic E-state index is 0.148. The number of nitrogens with zero attached hydrogens (tertiary/aromatic N) is 1. The molecule has 102 valence electrons. The highest BCUT2D eigenvalue weighted by molar-refractivity contribution is 7.10. The predicted octanol–water partition coefficient (Wildman–Crippen LogP) is 2.64. The van der Waals surface area contributed by atoms with Crippen LogP contribution in [0.4, 0.5) is 0 Å². The lowest BCUT2D eigenvalue weighted by Crippen LogP contribution is -2.42. The zero-order chi connectivity index (χ0) is 12.8. The molecular weight excluding hydrogens is 244 g/mol. The number of hydrogen-bond donors (Lipinski definition) is 1. The van der Waals surface area contributed by atoms with Gasteiger partial charge in [0, 0.05) is 24.6 Å². The highest BCUT2D eigenvalue weighted by Gasteiger charge is 2.22. The topological polar surface area (TPSA) is 38.5 Å². The van der Waals surface area contributed by atoms with Crippen molar-refractivity contribution >= 4 is 11.3 Å². The maximum absolute atomic E-state index is 6.24. The molecular formula is C14H24N2OS. The van der Waals surface area contributed by atoms with E-state index in [0.717, 1.165) is 32.7 Å². The Morgan fingerprint density at radius 1 is 1.61 bits per heavy atom. The van der Waals surface area contributed by atoms with Gasteiger partial charge in [-0.1, -0.05) is 13.0 Å². The summed E-state index contributed by atoms with van der Waals surface area (Å²) in [6, 6.07) is 4.35. The molecule has 18 heavy (non-hydrogen) atoms. The van der Waals surface area contributed by atoms with E-state index in [1.54, 1.807) is 11.3 Å². The van der Waals surface area contributed by atoms with Gasteiger partial charge in [-0.05, 0) is 37.3 Å². The first-order chi connectivity index (χ1) is 8.79. The quantitative estimate of drug-likeness (QED) is 0.862. The van der Waals surface area contributed by atoms with Crippen molar-refractivity contribution in [2.45, 2.75) is 38.3 Å². The normalized spacial score (nSPS) is 23.1. The standard InChI is InChI=1S/C14H24N2OS/c1-2-8-17-12-5-3-7-16(10-12)11-13(15)14-6-4-9-18-14/h4,6,9,12-13H,2-3,5,7-8,10-11,15H2,1H3. The van der Waals surface area contributed by atoms with Crippen LogP contribution in [0.25, 0.3) is 0 Å². The summed E-state index contributed by atoms with van der Waals surface area (Å²) in [4.78, 5) is 3.74. The average molecular weight is 268 g/mol. The fourth-order valence-corrected chi connectivity index (χ4v) is 3.19. The molecule has 0 bridgehead atoms. The zero-order valence-corrected chi connectivity index (χ0v) is 12.0. The first-order valence-electron chi connectivity index (χ1n) is 6.92. The van der Waals surface area contributed by atoms with Crippen molar-refractivity contribution in [3.8, 4) is 0 Å². The van der Waals surface area contributed by atoms with Crippen LogP contribution in [0.2, 0.25) is 0 Å². The van der Waals surface area contributed by atoms with Gasteiger partial charge in [-0.15, -0.1) is 11.3 Å². The molecule has 0 spiro atoms. The molecule has 1 aliphatic heterocycles. The fourth-order valence-electron chi connectivity index (χ4n) is 2.47. The van der Waals surface area contributed by atoms with Gasteiger partial charge >= 0.3 is 0 Å². The van der Waals surface area contributed by atoms with E-state index in [2.05, 4.69) is 29.3 Å². The van der Waals surface area contributed by atoms with Gasteiger partial charge in [-0.3, -0.25) is 4.90 Å². The van der Waals surface area contributed by atoms with Crippen molar-refractivity contribution in [3.05, 3.63) is 22.4 Å². The smallest absolute Gasteiger partial charge is 0.0702 e. The molecule has 1 saturated heterocycles. The first-order valence-corrected chi connectivity index (χ1v) is 7.80. The van der Waals surface area contributed by atoms with E-state index in [-0.39, 0.29) is 6.04 Å². The second kappa shape index (κ2) is 7.24. The van der Waals surface area contributed by atoms with Crippen LogP contribution in [0.5, 0.6) is 0 Å². The second-order valence-corrected chi connectivity index (χ2v) is 6.00. The molecule has 2 N–H and O–H groups in total. The highest BCUT2D eigenvalue weighted by Crippen LogP contribution is 2.20. The van der Waals surface area contributed by atoms with Gasteiger partial charge in [0.1, 0.15) is 0 Å². The Hall–Kier alpha value is -0.420. The summed E-state index contributed by atoms with van der Waals surface area (Å²) in [5.41, 5.74) is 6.24. The van der Waals surface area contributed by atoms with E-state index >= 15 is 0 Å². The molecule has 1 fully saturated rings. The Labute approximate surface area is 114 Å². The second-order valence-electron chi connectivity index (χ2n) is 5.02. The largest absolute Gasteiger partial charge is 0.377 e. The third kappa shape index (κ3) is 4.05. The molecule has 2 rings (SSSR count). The van der Waals surface area contributed by atoms with Crippen LogP contribution in [-0.2, 0) is 4.74 Å². The van der Waals surface area contributed by atoms with E-state index < -0.39 is 0 Å². The minimum Gasteiger partial charge on any atom is -0.377 e. The summed E-state index contributed by atoms with van der Waals surface area (Å²) in [5.74, 6) is 0. The maximum Gasteiger partial charge on any atom is 0.0702 e. The summed E-state index contributed by atoms with van der Waals surface area (Å²) in [5, 5.41) is 2.10. The molecule has 0 amide bonds.